The first-order chi connectivity index (χ1) is 11.0. The van der Waals surface area contributed by atoms with Gasteiger partial charge in [-0.3, -0.25) is 0 Å². The molecular formula is C18H26N2O2S. The standard InChI is InChI=1S/C18H26N2O2S/c1-13(2)11-20-17-6-4-3-5-15(17)16-12-19(10-9-18(16)20)23(21,22)14-7-8-14/h3-6,13-14,16,18H,7-12H2,1-2H3/t16-,18+/m1/s1. The Balaban J connectivity index is 1.64. The van der Waals surface area contributed by atoms with Crippen molar-refractivity contribution in [1.82, 2.24) is 4.31 Å². The highest BCUT2D eigenvalue weighted by molar-refractivity contribution is 7.90. The summed E-state index contributed by atoms with van der Waals surface area (Å²) >= 11 is 0. The fourth-order valence-electron chi connectivity index (χ4n) is 4.26. The number of piperidine rings is 1. The van der Waals surface area contributed by atoms with E-state index in [2.05, 4.69) is 43.0 Å². The van der Waals surface area contributed by atoms with E-state index < -0.39 is 10.0 Å². The molecule has 1 aromatic rings. The van der Waals surface area contributed by atoms with Crippen molar-refractivity contribution in [2.24, 2.45) is 5.92 Å². The molecule has 0 radical (unpaired) electrons. The van der Waals surface area contributed by atoms with Gasteiger partial charge in [-0.1, -0.05) is 32.0 Å². The Morgan fingerprint density at radius 2 is 1.91 bits per heavy atom. The number of anilines is 1. The smallest absolute Gasteiger partial charge is 0.217 e. The topological polar surface area (TPSA) is 40.6 Å². The van der Waals surface area contributed by atoms with E-state index >= 15 is 0 Å². The lowest BCUT2D eigenvalue weighted by Gasteiger charge is -2.39. The van der Waals surface area contributed by atoms with E-state index in [1.54, 1.807) is 4.31 Å². The van der Waals surface area contributed by atoms with E-state index in [-0.39, 0.29) is 5.25 Å². The third-order valence-electron chi connectivity index (χ3n) is 5.45. The predicted octanol–water partition coefficient (Wildman–Crippen LogP) is 2.81. The minimum absolute atomic E-state index is 0.0949. The van der Waals surface area contributed by atoms with Gasteiger partial charge in [-0.15, -0.1) is 0 Å². The quantitative estimate of drug-likeness (QED) is 0.850. The first-order valence-electron chi connectivity index (χ1n) is 8.83. The van der Waals surface area contributed by atoms with Crippen LogP contribution in [0.4, 0.5) is 5.69 Å². The lowest BCUT2D eigenvalue weighted by molar-refractivity contribution is 0.286. The number of nitrogens with zero attached hydrogens (tertiary/aromatic N) is 2. The van der Waals surface area contributed by atoms with Crippen LogP contribution in [0.15, 0.2) is 24.3 Å². The van der Waals surface area contributed by atoms with Gasteiger partial charge in [0, 0.05) is 37.3 Å². The third kappa shape index (κ3) is 2.58. The Kier molecular flexibility index (Phi) is 3.69. The summed E-state index contributed by atoms with van der Waals surface area (Å²) in [7, 11) is -3.06. The van der Waals surface area contributed by atoms with Crippen LogP contribution in [0.5, 0.6) is 0 Å². The zero-order valence-electron chi connectivity index (χ0n) is 14.0. The average Bonchev–Trinajstić information content (AvgIpc) is 3.34. The molecule has 2 atom stereocenters. The van der Waals surface area contributed by atoms with Gasteiger partial charge in [-0.2, -0.15) is 0 Å². The maximum atomic E-state index is 12.6. The van der Waals surface area contributed by atoms with Crippen LogP contribution < -0.4 is 4.90 Å². The average molecular weight is 334 g/mol. The summed E-state index contributed by atoms with van der Waals surface area (Å²) < 4.78 is 27.0. The number of rotatable bonds is 4. The highest BCUT2D eigenvalue weighted by atomic mass is 32.2. The summed E-state index contributed by atoms with van der Waals surface area (Å²) in [6.45, 7) is 6.90. The van der Waals surface area contributed by atoms with Gasteiger partial charge in [0.25, 0.3) is 0 Å². The molecule has 0 N–H and O–H groups in total. The first-order valence-corrected chi connectivity index (χ1v) is 10.3. The number of benzene rings is 1. The molecule has 4 rings (SSSR count). The maximum Gasteiger partial charge on any atom is 0.217 e. The summed E-state index contributed by atoms with van der Waals surface area (Å²) in [5.74, 6) is 0.933. The molecule has 5 heteroatoms. The predicted molar refractivity (Wildman–Crippen MR) is 93.3 cm³/mol. The van der Waals surface area contributed by atoms with Crippen LogP contribution in [0.3, 0.4) is 0 Å². The van der Waals surface area contributed by atoms with Crippen molar-refractivity contribution < 1.29 is 8.42 Å². The molecule has 4 nitrogen and oxygen atoms in total. The van der Waals surface area contributed by atoms with Gasteiger partial charge in [0.15, 0.2) is 0 Å². The van der Waals surface area contributed by atoms with E-state index in [0.29, 0.717) is 31.0 Å². The first kappa shape index (κ1) is 15.5. The van der Waals surface area contributed by atoms with Crippen molar-refractivity contribution in [2.45, 2.75) is 50.3 Å². The second-order valence-electron chi connectivity index (χ2n) is 7.67. The summed E-state index contributed by atoms with van der Waals surface area (Å²) in [4.78, 5) is 2.53. The molecule has 2 fully saturated rings. The van der Waals surface area contributed by atoms with Gasteiger partial charge in [0.2, 0.25) is 10.0 Å². The van der Waals surface area contributed by atoms with Gasteiger partial charge in [0.1, 0.15) is 0 Å². The van der Waals surface area contributed by atoms with Crippen LogP contribution in [0, 0.1) is 5.92 Å². The second-order valence-corrected chi connectivity index (χ2v) is 9.88. The zero-order valence-corrected chi connectivity index (χ0v) is 14.8. The minimum Gasteiger partial charge on any atom is -0.367 e. The van der Waals surface area contributed by atoms with Crippen LogP contribution in [0.25, 0.3) is 0 Å². The molecule has 0 spiro atoms. The number of sulfonamides is 1. The summed E-state index contributed by atoms with van der Waals surface area (Å²) in [6, 6.07) is 9.04. The number of para-hydroxylation sites is 1. The van der Waals surface area contributed by atoms with Crippen molar-refractivity contribution in [3.63, 3.8) is 0 Å². The highest BCUT2D eigenvalue weighted by Gasteiger charge is 2.47. The van der Waals surface area contributed by atoms with Crippen molar-refractivity contribution >= 4 is 15.7 Å². The van der Waals surface area contributed by atoms with Crippen molar-refractivity contribution in [3.05, 3.63) is 29.8 Å². The monoisotopic (exact) mass is 334 g/mol. The SMILES string of the molecule is CC(C)CN1c2ccccc2[C@H]2CN(S(=O)(=O)C3CC3)CC[C@@H]21. The molecule has 2 heterocycles. The van der Waals surface area contributed by atoms with E-state index in [9.17, 15) is 8.42 Å². The largest absolute Gasteiger partial charge is 0.367 e. The molecule has 23 heavy (non-hydrogen) atoms. The van der Waals surface area contributed by atoms with E-state index in [0.717, 1.165) is 25.8 Å². The van der Waals surface area contributed by atoms with Gasteiger partial charge in [-0.05, 0) is 36.8 Å². The Labute approximate surface area is 139 Å². The molecule has 3 aliphatic rings. The van der Waals surface area contributed by atoms with Crippen LogP contribution >= 0.6 is 0 Å². The normalized spacial score (nSPS) is 28.0. The highest BCUT2D eigenvalue weighted by Crippen LogP contribution is 2.46. The molecule has 0 unspecified atom stereocenters. The summed E-state index contributed by atoms with van der Waals surface area (Å²) in [5, 5.41) is -0.0949. The Hall–Kier alpha value is -1.07. The van der Waals surface area contributed by atoms with Gasteiger partial charge in [-0.25, -0.2) is 12.7 Å². The van der Waals surface area contributed by atoms with Gasteiger partial charge < -0.3 is 4.90 Å². The molecule has 0 bridgehead atoms. The number of hydrogen-bond acceptors (Lipinski definition) is 3. The fraction of sp³-hybridized carbons (Fsp3) is 0.667. The second kappa shape index (κ2) is 5.49. The molecule has 1 aliphatic carbocycles. The lowest BCUT2D eigenvalue weighted by Crippen LogP contribution is -2.49. The molecule has 1 aromatic carbocycles. The molecule has 1 saturated carbocycles. The summed E-state index contributed by atoms with van der Waals surface area (Å²) in [5.41, 5.74) is 2.66. The van der Waals surface area contributed by atoms with Crippen molar-refractivity contribution in [3.8, 4) is 0 Å². The number of hydrogen-bond donors (Lipinski definition) is 0. The Bertz CT molecular complexity index is 697. The molecular weight excluding hydrogens is 308 g/mol. The minimum atomic E-state index is -3.06. The van der Waals surface area contributed by atoms with Crippen LogP contribution in [-0.4, -0.2) is 43.6 Å². The maximum absolute atomic E-state index is 12.6. The van der Waals surface area contributed by atoms with Crippen LogP contribution in [0.1, 0.15) is 44.6 Å². The molecule has 1 saturated heterocycles. The van der Waals surface area contributed by atoms with Gasteiger partial charge in [0.05, 0.1) is 5.25 Å². The Morgan fingerprint density at radius 1 is 1.17 bits per heavy atom. The zero-order chi connectivity index (χ0) is 16.2. The molecule has 0 aromatic heterocycles. The third-order valence-corrected chi connectivity index (χ3v) is 7.82. The van der Waals surface area contributed by atoms with Gasteiger partial charge >= 0.3 is 0 Å². The summed E-state index contributed by atoms with van der Waals surface area (Å²) in [6.07, 6.45) is 2.64. The Morgan fingerprint density at radius 3 is 2.61 bits per heavy atom. The molecule has 126 valence electrons. The van der Waals surface area contributed by atoms with Crippen molar-refractivity contribution in [2.75, 3.05) is 24.5 Å². The molecule has 2 aliphatic heterocycles. The molecule has 0 amide bonds. The fourth-order valence-corrected chi connectivity index (χ4v) is 6.15. The van der Waals surface area contributed by atoms with Crippen molar-refractivity contribution in [1.29, 1.82) is 0 Å². The van der Waals surface area contributed by atoms with E-state index in [1.807, 2.05) is 0 Å². The number of fused-ring (bicyclic) bond motifs is 3. The van der Waals surface area contributed by atoms with Crippen LogP contribution in [-0.2, 0) is 10.0 Å². The van der Waals surface area contributed by atoms with E-state index in [1.165, 1.54) is 11.3 Å². The van der Waals surface area contributed by atoms with E-state index in [4.69, 9.17) is 0 Å². The lowest BCUT2D eigenvalue weighted by atomic mass is 9.90. The van der Waals surface area contributed by atoms with Crippen LogP contribution in [0.2, 0.25) is 0 Å².